The van der Waals surface area contributed by atoms with Crippen molar-refractivity contribution in [3.63, 3.8) is 0 Å². The number of nitrogens with zero attached hydrogens (tertiary/aromatic N) is 2. The number of carbonyl (C=O) groups excluding carboxylic acids is 1. The van der Waals surface area contributed by atoms with E-state index >= 15 is 0 Å². The highest BCUT2D eigenvalue weighted by Crippen LogP contribution is 2.44. The van der Waals surface area contributed by atoms with Crippen LogP contribution in [0.5, 0.6) is 0 Å². The third-order valence-corrected chi connectivity index (χ3v) is 6.49. The zero-order chi connectivity index (χ0) is 23.1. The van der Waals surface area contributed by atoms with Crippen molar-refractivity contribution in [1.29, 1.82) is 0 Å². The summed E-state index contributed by atoms with van der Waals surface area (Å²) in [6, 6.07) is 12.4. The zero-order valence-corrected chi connectivity index (χ0v) is 19.9. The van der Waals surface area contributed by atoms with Gasteiger partial charge in [-0.25, -0.2) is 0 Å². The van der Waals surface area contributed by atoms with Crippen molar-refractivity contribution in [1.82, 2.24) is 9.80 Å². The number of ether oxygens (including phenoxy) is 4. The van der Waals surface area contributed by atoms with E-state index in [1.165, 1.54) is 0 Å². The van der Waals surface area contributed by atoms with E-state index in [2.05, 4.69) is 23.1 Å². The molecule has 0 aliphatic carbocycles. The van der Waals surface area contributed by atoms with Crippen molar-refractivity contribution in [2.24, 2.45) is 0 Å². The summed E-state index contributed by atoms with van der Waals surface area (Å²) in [6.45, 7) is 5.75. The minimum absolute atomic E-state index is 0.0600. The Morgan fingerprint density at radius 3 is 2.42 bits per heavy atom. The summed E-state index contributed by atoms with van der Waals surface area (Å²) in [5.74, 6) is 0.0600. The summed E-state index contributed by atoms with van der Waals surface area (Å²) in [4.78, 5) is 17.8. The highest BCUT2D eigenvalue weighted by Gasteiger charge is 2.49. The minimum Gasteiger partial charge on any atom is -0.380 e. The first-order valence-corrected chi connectivity index (χ1v) is 11.9. The Labute approximate surface area is 196 Å². The summed E-state index contributed by atoms with van der Waals surface area (Å²) in [5.41, 5.74) is 1.29. The van der Waals surface area contributed by atoms with Gasteiger partial charge in [-0.15, -0.1) is 0 Å². The topological polar surface area (TPSA) is 60.5 Å². The van der Waals surface area contributed by atoms with Crippen LogP contribution in [0.3, 0.4) is 0 Å². The van der Waals surface area contributed by atoms with Crippen LogP contribution in [0.15, 0.2) is 36.4 Å². The molecule has 0 aromatic heterocycles. The molecule has 0 saturated carbocycles. The molecule has 2 aliphatic rings. The van der Waals surface area contributed by atoms with E-state index in [9.17, 15) is 4.79 Å². The maximum atomic E-state index is 13.7. The SMILES string of the molecule is CN(C)CCOCCCC12COCCOCCOCCN1C(=O)c1cc3ccccc3cc12. The van der Waals surface area contributed by atoms with Gasteiger partial charge in [-0.1, -0.05) is 24.3 Å². The summed E-state index contributed by atoms with van der Waals surface area (Å²) in [7, 11) is 4.08. The second-order valence-corrected chi connectivity index (χ2v) is 9.03. The summed E-state index contributed by atoms with van der Waals surface area (Å²) in [6.07, 6.45) is 1.61. The molecule has 0 radical (unpaired) electrons. The van der Waals surface area contributed by atoms with Crippen LogP contribution in [0.2, 0.25) is 0 Å². The Balaban J connectivity index is 1.63. The lowest BCUT2D eigenvalue weighted by Crippen LogP contribution is -2.49. The second-order valence-electron chi connectivity index (χ2n) is 9.03. The van der Waals surface area contributed by atoms with Crippen LogP contribution in [0.4, 0.5) is 0 Å². The van der Waals surface area contributed by atoms with Gasteiger partial charge in [0.1, 0.15) is 0 Å². The van der Waals surface area contributed by atoms with Crippen molar-refractivity contribution in [3.8, 4) is 0 Å². The van der Waals surface area contributed by atoms with Gasteiger partial charge in [0.15, 0.2) is 0 Å². The molecule has 1 saturated heterocycles. The lowest BCUT2D eigenvalue weighted by atomic mass is 9.84. The number of carbonyl (C=O) groups is 1. The first-order chi connectivity index (χ1) is 16.1. The molecule has 1 fully saturated rings. The summed E-state index contributed by atoms with van der Waals surface area (Å²) >= 11 is 0. The van der Waals surface area contributed by atoms with E-state index in [1.54, 1.807) is 0 Å². The largest absolute Gasteiger partial charge is 0.380 e. The lowest BCUT2D eigenvalue weighted by molar-refractivity contribution is -0.0487. The third kappa shape index (κ3) is 5.55. The first kappa shape index (κ1) is 24.1. The maximum absolute atomic E-state index is 13.7. The molecule has 2 heterocycles. The van der Waals surface area contributed by atoms with Crippen LogP contribution in [0.25, 0.3) is 10.8 Å². The molecular weight excluding hydrogens is 420 g/mol. The molecule has 1 atom stereocenters. The molecule has 7 nitrogen and oxygen atoms in total. The minimum atomic E-state index is -0.538. The number of likely N-dealkylation sites (N-methyl/N-ethyl adjacent to an activating group) is 1. The van der Waals surface area contributed by atoms with Crippen molar-refractivity contribution in [2.75, 3.05) is 80.0 Å². The Kier molecular flexibility index (Phi) is 8.33. The molecule has 0 N–H and O–H groups in total. The Bertz CT molecular complexity index is 934. The number of fused-ring (bicyclic) bond motifs is 4. The molecule has 1 amide bonds. The van der Waals surface area contributed by atoms with Crippen molar-refractivity contribution in [3.05, 3.63) is 47.5 Å². The summed E-state index contributed by atoms with van der Waals surface area (Å²) < 4.78 is 23.4. The molecule has 0 bridgehead atoms. The van der Waals surface area contributed by atoms with E-state index in [0.717, 1.165) is 41.3 Å². The van der Waals surface area contributed by atoms with Gasteiger partial charge in [0.05, 0.1) is 51.8 Å². The van der Waals surface area contributed by atoms with Crippen molar-refractivity contribution >= 4 is 16.7 Å². The van der Waals surface area contributed by atoms with Crippen LogP contribution in [0, 0.1) is 0 Å². The number of hydrogen-bond acceptors (Lipinski definition) is 6. The second kappa shape index (κ2) is 11.4. The van der Waals surface area contributed by atoms with Gasteiger partial charge in [0, 0.05) is 25.3 Å². The third-order valence-electron chi connectivity index (χ3n) is 6.49. The number of rotatable bonds is 7. The quantitative estimate of drug-likeness (QED) is 0.597. The van der Waals surface area contributed by atoms with Gasteiger partial charge >= 0.3 is 0 Å². The van der Waals surface area contributed by atoms with E-state index < -0.39 is 5.54 Å². The van der Waals surface area contributed by atoms with Gasteiger partial charge in [0.25, 0.3) is 5.91 Å². The average Bonchev–Trinajstić information content (AvgIpc) is 3.02. The van der Waals surface area contributed by atoms with Gasteiger partial charge in [-0.05, 0) is 55.4 Å². The Hall–Kier alpha value is -2.03. The molecule has 33 heavy (non-hydrogen) atoms. The highest BCUT2D eigenvalue weighted by atomic mass is 16.5. The normalized spacial score (nSPS) is 22.2. The van der Waals surface area contributed by atoms with E-state index in [0.29, 0.717) is 59.4 Å². The monoisotopic (exact) mass is 456 g/mol. The average molecular weight is 457 g/mol. The zero-order valence-electron chi connectivity index (χ0n) is 19.9. The fraction of sp³-hybridized carbons (Fsp3) is 0.577. The van der Waals surface area contributed by atoms with E-state index in [4.69, 9.17) is 18.9 Å². The fourth-order valence-electron chi connectivity index (χ4n) is 4.75. The maximum Gasteiger partial charge on any atom is 0.255 e. The predicted octanol–water partition coefficient (Wildman–Crippen LogP) is 2.91. The van der Waals surface area contributed by atoms with Gasteiger partial charge in [0.2, 0.25) is 0 Å². The van der Waals surface area contributed by atoms with Crippen LogP contribution < -0.4 is 0 Å². The Morgan fingerprint density at radius 2 is 1.67 bits per heavy atom. The van der Waals surface area contributed by atoms with Gasteiger partial charge < -0.3 is 28.7 Å². The molecule has 1 unspecified atom stereocenters. The van der Waals surface area contributed by atoms with E-state index in [-0.39, 0.29) is 5.91 Å². The molecule has 2 aromatic rings. The van der Waals surface area contributed by atoms with E-state index in [1.807, 2.05) is 37.2 Å². The highest BCUT2D eigenvalue weighted by molar-refractivity contribution is 6.04. The molecule has 4 rings (SSSR count). The molecule has 7 heteroatoms. The summed E-state index contributed by atoms with van der Waals surface area (Å²) in [5, 5.41) is 2.22. The smallest absolute Gasteiger partial charge is 0.255 e. The first-order valence-electron chi connectivity index (χ1n) is 11.9. The molecule has 180 valence electrons. The Morgan fingerprint density at radius 1 is 0.970 bits per heavy atom. The van der Waals surface area contributed by atoms with Crippen LogP contribution in [-0.2, 0) is 24.5 Å². The lowest BCUT2D eigenvalue weighted by Gasteiger charge is -2.39. The molecule has 0 spiro atoms. The van der Waals surface area contributed by atoms with Crippen LogP contribution >= 0.6 is 0 Å². The van der Waals surface area contributed by atoms with Gasteiger partial charge in [-0.3, -0.25) is 4.79 Å². The standard InChI is InChI=1S/C26H36N2O5/c1-27(2)9-12-30-11-5-8-26-20-33-17-16-32-15-14-31-13-10-28(26)25(29)23-18-21-6-3-4-7-22(21)19-24(23)26/h3-4,6-7,18-19H,5,8-17,20H2,1-2H3. The van der Waals surface area contributed by atoms with Crippen LogP contribution in [-0.4, -0.2) is 95.7 Å². The predicted molar refractivity (Wildman–Crippen MR) is 128 cm³/mol. The number of benzene rings is 2. The van der Waals surface area contributed by atoms with Gasteiger partial charge in [-0.2, -0.15) is 0 Å². The number of hydrogen-bond donors (Lipinski definition) is 0. The molecule has 2 aromatic carbocycles. The van der Waals surface area contributed by atoms with Crippen molar-refractivity contribution in [2.45, 2.75) is 18.4 Å². The number of amides is 1. The van der Waals surface area contributed by atoms with Crippen LogP contribution in [0.1, 0.15) is 28.8 Å². The molecule has 2 aliphatic heterocycles. The van der Waals surface area contributed by atoms with Crippen molar-refractivity contribution < 1.29 is 23.7 Å². The fourth-order valence-corrected chi connectivity index (χ4v) is 4.75. The molecular formula is C26H36N2O5.